The lowest BCUT2D eigenvalue weighted by atomic mass is 10.2. The number of ether oxygens (including phenoxy) is 1. The number of hydrogen-bond acceptors (Lipinski definition) is 5. The highest BCUT2D eigenvalue weighted by Crippen LogP contribution is 2.30. The lowest BCUT2D eigenvalue weighted by Gasteiger charge is -2.21. The molecule has 0 aromatic carbocycles. The molecule has 23 heavy (non-hydrogen) atoms. The van der Waals surface area contributed by atoms with E-state index in [2.05, 4.69) is 5.32 Å². The molecule has 1 amide bonds. The lowest BCUT2D eigenvalue weighted by molar-refractivity contribution is -0.139. The maximum Gasteiger partial charge on any atom is 0.408 e. The first kappa shape index (κ1) is 17.5. The van der Waals surface area contributed by atoms with Crippen molar-refractivity contribution < 1.29 is 19.4 Å². The van der Waals surface area contributed by atoms with Crippen LogP contribution in [0.2, 0.25) is 0 Å². The third-order valence-corrected chi connectivity index (χ3v) is 4.70. The van der Waals surface area contributed by atoms with E-state index >= 15 is 0 Å². The average molecular weight is 353 g/mol. The molecule has 0 radical (unpaired) electrons. The molecular weight excluding hydrogens is 334 g/mol. The van der Waals surface area contributed by atoms with Crippen LogP contribution in [0.1, 0.15) is 25.6 Å². The Kier molecular flexibility index (Phi) is 5.43. The Bertz CT molecular complexity index is 671. The molecule has 0 spiro atoms. The van der Waals surface area contributed by atoms with E-state index in [0.29, 0.717) is 0 Å². The van der Waals surface area contributed by atoms with E-state index in [9.17, 15) is 14.7 Å². The van der Waals surface area contributed by atoms with Gasteiger partial charge in [-0.25, -0.2) is 9.59 Å². The lowest BCUT2D eigenvalue weighted by Crippen LogP contribution is -2.44. The summed E-state index contributed by atoms with van der Waals surface area (Å²) in [5, 5.41) is 15.8. The van der Waals surface area contributed by atoms with E-state index in [0.717, 1.165) is 15.3 Å². The second-order valence-corrected chi connectivity index (χ2v) is 7.97. The van der Waals surface area contributed by atoms with Crippen molar-refractivity contribution in [1.82, 2.24) is 5.32 Å². The van der Waals surface area contributed by atoms with E-state index < -0.39 is 23.7 Å². The third kappa shape index (κ3) is 5.37. The van der Waals surface area contributed by atoms with Crippen molar-refractivity contribution in [2.75, 3.05) is 0 Å². The summed E-state index contributed by atoms with van der Waals surface area (Å²) in [7, 11) is 0. The van der Waals surface area contributed by atoms with Crippen LogP contribution < -0.4 is 5.32 Å². The first-order valence-electron chi connectivity index (χ1n) is 7.08. The Labute approximate surface area is 142 Å². The van der Waals surface area contributed by atoms with Gasteiger partial charge in [0, 0.05) is 21.7 Å². The molecule has 0 aliphatic rings. The zero-order valence-electron chi connectivity index (χ0n) is 13.2. The Morgan fingerprint density at radius 2 is 2.04 bits per heavy atom. The normalized spacial score (nSPS) is 12.7. The summed E-state index contributed by atoms with van der Waals surface area (Å²) in [6, 6.07) is 4.87. The molecule has 5 nitrogen and oxygen atoms in total. The number of alkyl carbamates (subject to hydrolysis) is 1. The fourth-order valence-electron chi connectivity index (χ4n) is 1.90. The van der Waals surface area contributed by atoms with Gasteiger partial charge in [-0.2, -0.15) is 11.3 Å². The van der Waals surface area contributed by atoms with Crippen LogP contribution in [0.4, 0.5) is 4.79 Å². The minimum Gasteiger partial charge on any atom is -0.480 e. The smallest absolute Gasteiger partial charge is 0.408 e. The number of hydrogen-bond donors (Lipinski definition) is 2. The zero-order valence-corrected chi connectivity index (χ0v) is 14.8. The SMILES string of the molecule is CC(C)(C)OC(=O)NC(Cc1ccc(-c2ccsc2)s1)C(=O)O. The highest BCUT2D eigenvalue weighted by Gasteiger charge is 2.24. The summed E-state index contributed by atoms with van der Waals surface area (Å²) < 4.78 is 5.11. The molecule has 2 aromatic heterocycles. The summed E-state index contributed by atoms with van der Waals surface area (Å²) in [4.78, 5) is 25.1. The first-order chi connectivity index (χ1) is 10.7. The number of carbonyl (C=O) groups excluding carboxylic acids is 1. The molecule has 0 aliphatic heterocycles. The number of thiophene rings is 2. The van der Waals surface area contributed by atoms with E-state index in [1.807, 2.05) is 29.0 Å². The molecule has 2 heterocycles. The second kappa shape index (κ2) is 7.14. The maximum absolute atomic E-state index is 11.8. The van der Waals surface area contributed by atoms with E-state index in [-0.39, 0.29) is 6.42 Å². The van der Waals surface area contributed by atoms with Crippen LogP contribution in [-0.4, -0.2) is 28.8 Å². The van der Waals surface area contributed by atoms with Crippen LogP contribution in [0.15, 0.2) is 29.0 Å². The largest absolute Gasteiger partial charge is 0.480 e. The van der Waals surface area contributed by atoms with Gasteiger partial charge in [0.15, 0.2) is 0 Å². The highest BCUT2D eigenvalue weighted by molar-refractivity contribution is 7.16. The Morgan fingerprint density at radius 1 is 1.30 bits per heavy atom. The fourth-order valence-corrected chi connectivity index (χ4v) is 3.68. The molecule has 0 saturated carbocycles. The van der Waals surface area contributed by atoms with E-state index in [1.165, 1.54) is 11.3 Å². The molecule has 2 rings (SSSR count). The van der Waals surface area contributed by atoms with E-state index in [4.69, 9.17) is 4.74 Å². The number of carbonyl (C=O) groups is 2. The molecule has 2 N–H and O–H groups in total. The molecule has 1 unspecified atom stereocenters. The predicted molar refractivity (Wildman–Crippen MR) is 92.1 cm³/mol. The van der Waals surface area contributed by atoms with Gasteiger partial charge in [0.2, 0.25) is 0 Å². The van der Waals surface area contributed by atoms with Gasteiger partial charge in [-0.15, -0.1) is 11.3 Å². The molecular formula is C16H19NO4S2. The second-order valence-electron chi connectivity index (χ2n) is 6.02. The van der Waals surface area contributed by atoms with Crippen LogP contribution in [0, 0.1) is 0 Å². The van der Waals surface area contributed by atoms with Gasteiger partial charge in [-0.1, -0.05) is 0 Å². The van der Waals surface area contributed by atoms with Crippen molar-refractivity contribution in [2.45, 2.75) is 38.8 Å². The number of rotatable bonds is 5. The molecule has 0 bridgehead atoms. The minimum absolute atomic E-state index is 0.226. The summed E-state index contributed by atoms with van der Waals surface area (Å²) >= 11 is 3.14. The molecule has 0 fully saturated rings. The number of amides is 1. The summed E-state index contributed by atoms with van der Waals surface area (Å²) in [6.07, 6.45) is -0.497. The third-order valence-electron chi connectivity index (χ3n) is 2.86. The van der Waals surface area contributed by atoms with E-state index in [1.54, 1.807) is 32.1 Å². The number of carboxylic acid groups (broad SMARTS) is 1. The molecule has 1 atom stereocenters. The first-order valence-corrected chi connectivity index (χ1v) is 8.84. The molecule has 0 aliphatic carbocycles. The van der Waals surface area contributed by atoms with Crippen LogP contribution in [0.25, 0.3) is 10.4 Å². The van der Waals surface area contributed by atoms with Gasteiger partial charge >= 0.3 is 12.1 Å². The summed E-state index contributed by atoms with van der Waals surface area (Å²) in [5.74, 6) is -1.08. The Hall–Kier alpha value is -1.86. The molecule has 124 valence electrons. The highest BCUT2D eigenvalue weighted by atomic mass is 32.1. The predicted octanol–water partition coefficient (Wildman–Crippen LogP) is 4.00. The zero-order chi connectivity index (χ0) is 17.0. The van der Waals surface area contributed by atoms with Crippen molar-refractivity contribution in [1.29, 1.82) is 0 Å². The van der Waals surface area contributed by atoms with Gasteiger partial charge in [0.05, 0.1) is 0 Å². The Balaban J connectivity index is 2.02. The quantitative estimate of drug-likeness (QED) is 0.852. The standard InChI is InChI=1S/C16H19NO4S2/c1-16(2,3)21-15(20)17-12(14(18)19)8-11-4-5-13(23-11)10-6-7-22-9-10/h4-7,9,12H,8H2,1-3H3,(H,17,20)(H,18,19). The van der Waals surface area contributed by atoms with Crippen LogP contribution >= 0.6 is 22.7 Å². The van der Waals surface area contributed by atoms with Gasteiger partial charge < -0.3 is 15.2 Å². The maximum atomic E-state index is 11.8. The number of nitrogens with one attached hydrogen (secondary N) is 1. The van der Waals surface area contributed by atoms with Crippen LogP contribution in [-0.2, 0) is 16.0 Å². The van der Waals surface area contributed by atoms with Gasteiger partial charge in [-0.05, 0) is 49.7 Å². The van der Waals surface area contributed by atoms with Crippen LogP contribution in [0.3, 0.4) is 0 Å². The molecule has 0 saturated heterocycles. The summed E-state index contributed by atoms with van der Waals surface area (Å²) in [6.45, 7) is 5.19. The topological polar surface area (TPSA) is 75.6 Å². The van der Waals surface area contributed by atoms with Crippen molar-refractivity contribution in [2.24, 2.45) is 0 Å². The minimum atomic E-state index is -1.08. The van der Waals surface area contributed by atoms with Crippen LogP contribution in [0.5, 0.6) is 0 Å². The van der Waals surface area contributed by atoms with Gasteiger partial charge in [0.1, 0.15) is 11.6 Å². The van der Waals surface area contributed by atoms with Gasteiger partial charge in [-0.3, -0.25) is 0 Å². The van der Waals surface area contributed by atoms with Crippen molar-refractivity contribution in [3.05, 3.63) is 33.8 Å². The van der Waals surface area contributed by atoms with Crippen molar-refractivity contribution in [3.63, 3.8) is 0 Å². The number of carboxylic acids is 1. The number of aliphatic carboxylic acids is 1. The summed E-state index contributed by atoms with van der Waals surface area (Å²) in [5.41, 5.74) is 0.459. The van der Waals surface area contributed by atoms with Gasteiger partial charge in [0.25, 0.3) is 0 Å². The monoisotopic (exact) mass is 353 g/mol. The Morgan fingerprint density at radius 3 is 2.61 bits per heavy atom. The molecule has 7 heteroatoms. The van der Waals surface area contributed by atoms with Crippen molar-refractivity contribution in [3.8, 4) is 10.4 Å². The average Bonchev–Trinajstić information content (AvgIpc) is 3.05. The molecule has 2 aromatic rings. The van der Waals surface area contributed by atoms with Crippen molar-refractivity contribution >= 4 is 34.7 Å². The fraction of sp³-hybridized carbons (Fsp3) is 0.375.